The van der Waals surface area contributed by atoms with Gasteiger partial charge in [0.05, 0.1) is 33.3 Å². The molecule has 0 radical (unpaired) electrons. The number of ether oxygens (including phenoxy) is 4. The van der Waals surface area contributed by atoms with Crippen LogP contribution in [0.1, 0.15) is 194 Å². The molecule has 0 unspecified atom stereocenters. The number of halogens is 3. The Morgan fingerprint density at radius 2 is 0.769 bits per heavy atom. The molecule has 618 valence electrons. The Hall–Kier alpha value is -8.71. The number of hydrogen-bond acceptors (Lipinski definition) is 21. The van der Waals surface area contributed by atoms with Crippen LogP contribution >= 0.6 is 0 Å². The molecule has 32 nitrogen and oxygen atoms in total. The largest absolute Gasteiger partial charge is 0.481 e. The second-order valence-electron chi connectivity index (χ2n) is 30.3. The maximum atomic E-state index is 12.1. The second-order valence-corrected chi connectivity index (χ2v) is 30.3. The summed E-state index contributed by atoms with van der Waals surface area (Å²) >= 11 is 0. The Labute approximate surface area is 633 Å². The topological polar surface area (TPSA) is 497 Å². The molecule has 5 heterocycles. The van der Waals surface area contributed by atoms with Gasteiger partial charge in [-0.05, 0) is 134 Å². The lowest BCUT2D eigenvalue weighted by Crippen LogP contribution is -2.47. The highest BCUT2D eigenvalue weighted by atomic mass is 19.4. The van der Waals surface area contributed by atoms with Crippen molar-refractivity contribution < 1.29 is 109 Å². The molecule has 5 fully saturated rings. The van der Waals surface area contributed by atoms with Crippen molar-refractivity contribution in [2.24, 2.45) is 88.4 Å². The molecule has 108 heavy (non-hydrogen) atoms. The van der Waals surface area contributed by atoms with E-state index in [2.05, 4.69) is 77.2 Å². The number of aliphatic carboxylic acids is 1. The number of alkyl halides is 3. The number of nitrogens with two attached hydrogens (primary N) is 2. The van der Waals surface area contributed by atoms with E-state index < -0.39 is 84.2 Å². The molecule has 5 rings (SSSR count). The van der Waals surface area contributed by atoms with Crippen LogP contribution < -0.4 is 59.3 Å². The van der Waals surface area contributed by atoms with Crippen molar-refractivity contribution in [2.75, 3.05) is 54.1 Å². The summed E-state index contributed by atoms with van der Waals surface area (Å²) in [5.41, 5.74) is 10.2. The van der Waals surface area contributed by atoms with Gasteiger partial charge in [-0.15, -0.1) is 0 Å². The monoisotopic (exact) mass is 1550 g/mol. The maximum Gasteiger partial charge on any atom is 0.446 e. The van der Waals surface area contributed by atoms with E-state index in [4.69, 9.17) is 36.1 Å². The van der Waals surface area contributed by atoms with Crippen molar-refractivity contribution in [1.82, 2.24) is 47.9 Å². The molecule has 0 spiro atoms. The number of rotatable bonds is 30. The van der Waals surface area contributed by atoms with Crippen molar-refractivity contribution in [3.8, 4) is 6.07 Å². The molecule has 5 aliphatic rings. The quantitative estimate of drug-likeness (QED) is 0.0271. The predicted octanol–water partition coefficient (Wildman–Crippen LogP) is 4.31. The molecule has 35 heteroatoms. The number of esters is 3. The third kappa shape index (κ3) is 45.2. The predicted molar refractivity (Wildman–Crippen MR) is 391 cm³/mol. The number of amides is 10. The molecule has 0 aliphatic carbocycles. The summed E-state index contributed by atoms with van der Waals surface area (Å²) in [6, 6.07) is -1.59. The highest BCUT2D eigenvalue weighted by Gasteiger charge is 2.37. The van der Waals surface area contributed by atoms with Gasteiger partial charge in [0.15, 0.2) is 0 Å². The molecule has 14 atom stereocenters. The van der Waals surface area contributed by atoms with E-state index >= 15 is 0 Å². The number of nitrogens with one attached hydrogen (secondary N) is 9. The number of carbonyl (C=O) groups is 15. The lowest BCUT2D eigenvalue weighted by molar-refractivity contribution is -0.156. The van der Waals surface area contributed by atoms with E-state index in [-0.39, 0.29) is 113 Å². The fourth-order valence-corrected chi connectivity index (χ4v) is 11.8. The van der Waals surface area contributed by atoms with Crippen molar-refractivity contribution in [2.45, 2.75) is 236 Å². The Morgan fingerprint density at radius 3 is 1.02 bits per heavy atom. The SMILES string of the molecule is CC(C)C[C@H](C)C(=O)N[C@@H](C[C@@H]1CCNC1=O)C(N)=O.CC(C)C[C@H](C)C(=O)N[C@H](C#N)C[C@@H]1CCNC1=O.CC(C)C[C@H](C)C(=O)O.COC(=O)[C@@H](N)C[C@@H]1CCNC1=O.COC(=O)[C@H](C[C@@H]1CCNC1=O)NC(=O)OC(C)(C)C.COC(=O)[C@H](C[C@@H]1CCNC1=O)NC(=O)[C@@H](C)CC(C)C.O=CC(F)(F)F. The van der Waals surface area contributed by atoms with Crippen LogP contribution in [0.25, 0.3) is 0 Å². The number of carboxylic acid groups (broad SMARTS) is 1. The summed E-state index contributed by atoms with van der Waals surface area (Å²) < 4.78 is 50.2. The first-order valence-electron chi connectivity index (χ1n) is 36.8. The molecular weight excluding hydrogens is 1420 g/mol. The van der Waals surface area contributed by atoms with E-state index in [0.29, 0.717) is 94.9 Å². The first-order valence-corrected chi connectivity index (χ1v) is 36.8. The molecule has 5 aliphatic heterocycles. The van der Waals surface area contributed by atoms with Crippen LogP contribution in [0.3, 0.4) is 0 Å². The summed E-state index contributed by atoms with van der Waals surface area (Å²) in [6.07, 6.45) is 1.73. The van der Waals surface area contributed by atoms with Crippen LogP contribution in [-0.4, -0.2) is 191 Å². The van der Waals surface area contributed by atoms with Crippen LogP contribution in [0.4, 0.5) is 18.0 Å². The zero-order chi connectivity index (χ0) is 83.5. The summed E-state index contributed by atoms with van der Waals surface area (Å²) in [7, 11) is 3.81. The summed E-state index contributed by atoms with van der Waals surface area (Å²) in [5, 5.41) is 41.7. The first kappa shape index (κ1) is 101. The van der Waals surface area contributed by atoms with Gasteiger partial charge in [-0.1, -0.05) is 83.1 Å². The van der Waals surface area contributed by atoms with E-state index in [1.165, 1.54) is 21.3 Å². The molecule has 0 saturated carbocycles. The van der Waals surface area contributed by atoms with Gasteiger partial charge in [0.2, 0.25) is 59.5 Å². The molecular formula is C73H125F3N12O20. The summed E-state index contributed by atoms with van der Waals surface area (Å²) in [5.74, 6) is -3.49. The number of carbonyl (C=O) groups excluding carboxylic acids is 14. The van der Waals surface area contributed by atoms with E-state index in [0.717, 1.165) is 38.5 Å². The number of nitrogens with zero attached hydrogens (tertiary/aromatic N) is 1. The fourth-order valence-electron chi connectivity index (χ4n) is 11.8. The average molecular weight is 1550 g/mol. The number of primary amides is 1. The van der Waals surface area contributed by atoms with Gasteiger partial charge in [0, 0.05) is 80.1 Å². The van der Waals surface area contributed by atoms with Crippen molar-refractivity contribution in [3.05, 3.63) is 0 Å². The lowest BCUT2D eigenvalue weighted by Gasteiger charge is -2.23. The minimum atomic E-state index is -4.64. The van der Waals surface area contributed by atoms with Crippen LogP contribution in [0.2, 0.25) is 0 Å². The normalized spacial score (nSPS) is 20.2. The standard InChI is InChI=1S/C15H26N2O4.C14H25N3O3.C14H23N3O2.C13H22N2O5.C8H14N2O3.C7H14O2.C2HF3O/c1-9(2)7-10(3)13(18)17-12(15(20)21-4)8-11-5-6-16-14(11)19;1-8(2)6-9(3)13(19)17-11(12(15)18)7-10-4-5-16-14(10)20;1-9(2)6-10(3)13(18)17-12(8-15)7-11-4-5-16-14(11)19;1-13(2,3)20-12(18)15-9(11(17)19-4)7-8-5-6-14-10(8)16;1-13-8(12)6(9)4-5-2-3-10-7(5)11;1-5(2)4-6(3)7(8)9;3-2(4,5)1-6/h9-12H,5-8H2,1-4H3,(H,16,19)(H,17,18);8-11H,4-7H2,1-3H3,(H2,15,18)(H,16,20)(H,17,19);9-12H,4-7H2,1-3H3,(H,16,19)(H,17,18);8-9H,5-7H2,1-4H3,(H,14,16)(H,15,18);5-6H,2-4,9H2,1H3,(H,10,11);5-6H,4H2,1-3H3,(H,8,9);1H/t10-,11-,12-;9-,10-,11-;10-,11-,12-;8-,9-;5-,6-;6-;/m000000./s1. The summed E-state index contributed by atoms with van der Waals surface area (Å²) in [4.78, 5) is 170. The van der Waals surface area contributed by atoms with Gasteiger partial charge >= 0.3 is 36.1 Å². The van der Waals surface area contributed by atoms with Crippen molar-refractivity contribution >= 4 is 89.4 Å². The van der Waals surface area contributed by atoms with Gasteiger partial charge in [0.25, 0.3) is 0 Å². The number of hydrogen-bond donors (Lipinski definition) is 12. The number of methoxy groups -OCH3 is 3. The smallest absolute Gasteiger partial charge is 0.446 e. The molecule has 0 bridgehead atoms. The average Bonchev–Trinajstić information content (AvgIpc) is 1.64. The number of alkyl carbamates (subject to hydrolysis) is 1. The molecule has 0 aromatic rings. The van der Waals surface area contributed by atoms with Crippen molar-refractivity contribution in [3.63, 3.8) is 0 Å². The van der Waals surface area contributed by atoms with Gasteiger partial charge < -0.3 is 83.4 Å². The fraction of sp³-hybridized carbons (Fsp3) is 0.781. The Bertz CT molecular complexity index is 2940. The molecule has 14 N–H and O–H groups in total. The Morgan fingerprint density at radius 1 is 0.491 bits per heavy atom. The van der Waals surface area contributed by atoms with Crippen LogP contribution in [0.5, 0.6) is 0 Å². The number of carboxylic acids is 1. The lowest BCUT2D eigenvalue weighted by atomic mass is 9.95. The Kier molecular flexibility index (Phi) is 49.1. The molecule has 5 saturated heterocycles. The third-order valence-corrected chi connectivity index (χ3v) is 17.2. The molecule has 10 amide bonds. The van der Waals surface area contributed by atoms with Gasteiger partial charge in [-0.25, -0.2) is 14.4 Å². The first-order chi connectivity index (χ1) is 50.1. The summed E-state index contributed by atoms with van der Waals surface area (Å²) in [6.45, 7) is 32.0. The highest BCUT2D eigenvalue weighted by Crippen LogP contribution is 2.23. The van der Waals surface area contributed by atoms with Crippen LogP contribution in [0, 0.1) is 88.3 Å². The van der Waals surface area contributed by atoms with E-state index in [1.807, 2.05) is 62.3 Å². The third-order valence-electron chi connectivity index (χ3n) is 17.2. The Balaban J connectivity index is 0. The van der Waals surface area contributed by atoms with Gasteiger partial charge in [-0.3, -0.25) is 57.5 Å². The zero-order valence-corrected chi connectivity index (χ0v) is 66.3. The van der Waals surface area contributed by atoms with E-state index in [9.17, 15) is 80.3 Å². The van der Waals surface area contributed by atoms with Gasteiger partial charge in [0.1, 0.15) is 35.8 Å². The maximum absolute atomic E-state index is 12.1. The minimum absolute atomic E-state index is 0.00951. The number of aldehydes is 1. The van der Waals surface area contributed by atoms with Crippen LogP contribution in [-0.2, 0) is 86.1 Å². The number of nitriles is 1. The highest BCUT2D eigenvalue weighted by molar-refractivity contribution is 5.90. The second kappa shape index (κ2) is 52.4. The van der Waals surface area contributed by atoms with Crippen LogP contribution in [0.15, 0.2) is 0 Å². The molecule has 0 aromatic carbocycles. The zero-order valence-electron chi connectivity index (χ0n) is 66.3. The molecule has 0 aromatic heterocycles. The van der Waals surface area contributed by atoms with Crippen molar-refractivity contribution in [1.29, 1.82) is 5.26 Å². The minimum Gasteiger partial charge on any atom is -0.481 e. The van der Waals surface area contributed by atoms with Gasteiger partial charge in [-0.2, -0.15) is 18.4 Å². The van der Waals surface area contributed by atoms with E-state index in [1.54, 1.807) is 27.7 Å².